The monoisotopic (exact) mass is 513 g/mol. The molecule has 0 aromatic heterocycles. The molecule has 1 aliphatic rings. The van der Waals surface area contributed by atoms with Crippen LogP contribution >= 0.6 is 0 Å². The van der Waals surface area contributed by atoms with Gasteiger partial charge in [-0.25, -0.2) is 0 Å². The molecule has 3 aromatic rings. The molecule has 37 heavy (non-hydrogen) atoms. The number of nitrogens with one attached hydrogen (secondary N) is 1. The van der Waals surface area contributed by atoms with Gasteiger partial charge < -0.3 is 19.7 Å². The van der Waals surface area contributed by atoms with Gasteiger partial charge in [0.2, 0.25) is 0 Å². The Morgan fingerprint density at radius 1 is 1.03 bits per heavy atom. The predicted octanol–water partition coefficient (Wildman–Crippen LogP) is 5.16. The van der Waals surface area contributed by atoms with E-state index in [4.69, 9.17) is 19.7 Å². The van der Waals surface area contributed by atoms with E-state index >= 15 is 0 Å². The lowest BCUT2D eigenvalue weighted by Gasteiger charge is -2.19. The molecule has 0 aliphatic carbocycles. The van der Waals surface area contributed by atoms with Gasteiger partial charge in [0.25, 0.3) is 0 Å². The van der Waals surface area contributed by atoms with E-state index in [0.29, 0.717) is 30.3 Å². The fourth-order valence-corrected chi connectivity index (χ4v) is 4.13. The van der Waals surface area contributed by atoms with Crippen molar-refractivity contribution in [2.75, 3.05) is 19.8 Å². The number of fused-ring (bicyclic) bond motifs is 1. The number of carboxylic acid groups (broad SMARTS) is 1. The largest absolute Gasteiger partial charge is 0.486 e. The zero-order chi connectivity index (χ0) is 26.6. The summed E-state index contributed by atoms with van der Waals surface area (Å²) in [7, 11) is 0. The number of hydrogen-bond donors (Lipinski definition) is 3. The van der Waals surface area contributed by atoms with Gasteiger partial charge in [-0.15, -0.1) is 0 Å². The Morgan fingerprint density at radius 3 is 2.46 bits per heavy atom. The minimum atomic E-state index is -4.57. The minimum Gasteiger partial charge on any atom is -0.486 e. The summed E-state index contributed by atoms with van der Waals surface area (Å²) in [4.78, 5) is 11.1. The fraction of sp³-hybridized carbons (Fsp3) is 0.250. The van der Waals surface area contributed by atoms with Gasteiger partial charge in [0.05, 0.1) is 12.2 Å². The highest BCUT2D eigenvalue weighted by Gasteiger charge is 2.32. The molecule has 9 heteroatoms. The summed E-state index contributed by atoms with van der Waals surface area (Å²) < 4.78 is 52.4. The maximum absolute atomic E-state index is 13.7. The number of carboxylic acids is 1. The summed E-state index contributed by atoms with van der Waals surface area (Å²) in [6, 6.07) is 13.7. The van der Waals surface area contributed by atoms with E-state index in [1.807, 2.05) is 43.3 Å². The topological polar surface area (TPSA) is 88.0 Å². The molecule has 194 valence electrons. The van der Waals surface area contributed by atoms with E-state index in [-0.39, 0.29) is 12.1 Å². The lowest BCUT2D eigenvalue weighted by atomic mass is 9.95. The van der Waals surface area contributed by atoms with Gasteiger partial charge in [-0.2, -0.15) is 13.2 Å². The average Bonchev–Trinajstić information content (AvgIpc) is 2.87. The molecule has 0 amide bonds. The number of hydrogen-bond acceptors (Lipinski definition) is 5. The third-order valence-electron chi connectivity index (χ3n) is 6.13. The standard InChI is InChI=1S/C28H26F3NO5/c1-17-19(3-2-4-22(17)20-8-10-25-26(14-20)37-12-11-36-25)6-7-21-13-18(5-9-23(21)28(29,30)31)15-32-24(16-33)27(34)35/h2-10,13-14,24,32-33H,11-12,15-16H2,1H3,(H,34,35)/b7-6+. The summed E-state index contributed by atoms with van der Waals surface area (Å²) in [5, 5.41) is 20.8. The Bertz CT molecular complexity index is 1320. The fourth-order valence-electron chi connectivity index (χ4n) is 4.13. The highest BCUT2D eigenvalue weighted by molar-refractivity contribution is 5.79. The zero-order valence-corrected chi connectivity index (χ0v) is 20.0. The SMILES string of the molecule is Cc1c(/C=C/c2cc(CNC(CO)C(=O)O)ccc2C(F)(F)F)cccc1-c1ccc2c(c1)OCCO2. The molecule has 0 spiro atoms. The van der Waals surface area contributed by atoms with E-state index in [9.17, 15) is 18.0 Å². The van der Waals surface area contributed by atoms with E-state index in [2.05, 4.69) is 5.32 Å². The Kier molecular flexibility index (Phi) is 7.85. The normalized spacial score (nSPS) is 14.1. The van der Waals surface area contributed by atoms with E-state index in [1.54, 1.807) is 6.08 Å². The first-order valence-corrected chi connectivity index (χ1v) is 11.6. The first-order valence-electron chi connectivity index (χ1n) is 11.6. The van der Waals surface area contributed by atoms with Crippen LogP contribution in [0, 0.1) is 6.92 Å². The summed E-state index contributed by atoms with van der Waals surface area (Å²) in [5.74, 6) is 0.0741. The first-order chi connectivity index (χ1) is 17.7. The zero-order valence-electron chi connectivity index (χ0n) is 20.0. The van der Waals surface area contributed by atoms with Gasteiger partial charge in [0.1, 0.15) is 19.3 Å². The molecule has 0 saturated heterocycles. The van der Waals surface area contributed by atoms with Crippen LogP contribution in [0.15, 0.2) is 54.6 Å². The second kappa shape index (κ2) is 11.1. The molecule has 0 saturated carbocycles. The lowest BCUT2D eigenvalue weighted by molar-refractivity contribution is -0.140. The number of rotatable bonds is 8. The number of benzene rings is 3. The number of aliphatic hydroxyl groups excluding tert-OH is 1. The summed E-state index contributed by atoms with van der Waals surface area (Å²) in [6.07, 6.45) is -1.53. The molecule has 0 fully saturated rings. The van der Waals surface area contributed by atoms with Crippen LogP contribution in [0.5, 0.6) is 11.5 Å². The van der Waals surface area contributed by atoms with Crippen molar-refractivity contribution in [1.29, 1.82) is 0 Å². The van der Waals surface area contributed by atoms with Crippen LogP contribution in [-0.4, -0.2) is 42.0 Å². The predicted molar refractivity (Wildman–Crippen MR) is 133 cm³/mol. The van der Waals surface area contributed by atoms with Crippen molar-refractivity contribution in [2.45, 2.75) is 25.7 Å². The van der Waals surface area contributed by atoms with E-state index in [0.717, 1.165) is 28.3 Å². The van der Waals surface area contributed by atoms with Crippen LogP contribution in [0.3, 0.4) is 0 Å². The van der Waals surface area contributed by atoms with Crippen molar-refractivity contribution in [3.63, 3.8) is 0 Å². The highest BCUT2D eigenvalue weighted by atomic mass is 19.4. The molecule has 1 aliphatic heterocycles. The highest BCUT2D eigenvalue weighted by Crippen LogP contribution is 2.37. The van der Waals surface area contributed by atoms with Crippen LogP contribution in [-0.2, 0) is 17.5 Å². The Morgan fingerprint density at radius 2 is 1.76 bits per heavy atom. The first kappa shape index (κ1) is 26.2. The second-order valence-corrected chi connectivity index (χ2v) is 8.59. The number of carbonyl (C=O) groups is 1. The van der Waals surface area contributed by atoms with Crippen molar-refractivity contribution >= 4 is 18.1 Å². The third-order valence-corrected chi connectivity index (χ3v) is 6.13. The molecule has 0 radical (unpaired) electrons. The van der Waals surface area contributed by atoms with Crippen molar-refractivity contribution in [3.05, 3.63) is 82.4 Å². The molecule has 1 heterocycles. The van der Waals surface area contributed by atoms with Gasteiger partial charge in [-0.3, -0.25) is 10.1 Å². The molecule has 0 bridgehead atoms. The Balaban J connectivity index is 1.64. The number of aliphatic carboxylic acids is 1. The van der Waals surface area contributed by atoms with Crippen LogP contribution in [0.25, 0.3) is 23.3 Å². The number of alkyl halides is 3. The van der Waals surface area contributed by atoms with E-state index < -0.39 is 30.4 Å². The lowest BCUT2D eigenvalue weighted by Crippen LogP contribution is -2.39. The van der Waals surface area contributed by atoms with Gasteiger partial charge in [-0.1, -0.05) is 42.5 Å². The van der Waals surface area contributed by atoms with Crippen molar-refractivity contribution in [1.82, 2.24) is 5.32 Å². The molecular weight excluding hydrogens is 487 g/mol. The van der Waals surface area contributed by atoms with Gasteiger partial charge in [0.15, 0.2) is 11.5 Å². The molecule has 3 N–H and O–H groups in total. The quantitative estimate of drug-likeness (QED) is 0.361. The summed E-state index contributed by atoms with van der Waals surface area (Å²) in [6.45, 7) is 2.20. The summed E-state index contributed by atoms with van der Waals surface area (Å²) in [5.41, 5.74) is 3.05. The van der Waals surface area contributed by atoms with Crippen molar-refractivity contribution in [2.24, 2.45) is 0 Å². The molecule has 4 rings (SSSR count). The molecule has 6 nitrogen and oxygen atoms in total. The van der Waals surface area contributed by atoms with Crippen LogP contribution in [0.4, 0.5) is 13.2 Å². The number of halogens is 3. The van der Waals surface area contributed by atoms with E-state index in [1.165, 1.54) is 18.2 Å². The average molecular weight is 514 g/mol. The second-order valence-electron chi connectivity index (χ2n) is 8.59. The minimum absolute atomic E-state index is 0.0187. The van der Waals surface area contributed by atoms with Crippen molar-refractivity contribution < 1.29 is 37.7 Å². The molecule has 3 aromatic carbocycles. The van der Waals surface area contributed by atoms with Crippen LogP contribution in [0.1, 0.15) is 27.8 Å². The number of aliphatic hydroxyl groups is 1. The molecule has 1 atom stereocenters. The third kappa shape index (κ3) is 6.12. The summed E-state index contributed by atoms with van der Waals surface area (Å²) >= 11 is 0. The Labute approximate surface area is 212 Å². The molecular formula is C28H26F3NO5. The maximum atomic E-state index is 13.7. The van der Waals surface area contributed by atoms with Gasteiger partial charge >= 0.3 is 12.1 Å². The maximum Gasteiger partial charge on any atom is 0.416 e. The van der Waals surface area contributed by atoms with Gasteiger partial charge in [-0.05, 0) is 64.6 Å². The molecule has 1 unspecified atom stereocenters. The van der Waals surface area contributed by atoms with Crippen LogP contribution in [0.2, 0.25) is 0 Å². The smallest absolute Gasteiger partial charge is 0.416 e. The van der Waals surface area contributed by atoms with Gasteiger partial charge in [0, 0.05) is 6.54 Å². The Hall–Kier alpha value is -3.82. The van der Waals surface area contributed by atoms with Crippen molar-refractivity contribution in [3.8, 4) is 22.6 Å². The number of ether oxygens (including phenoxy) is 2. The van der Waals surface area contributed by atoms with Crippen LogP contribution < -0.4 is 14.8 Å².